The van der Waals surface area contributed by atoms with Crippen molar-refractivity contribution in [1.29, 1.82) is 0 Å². The van der Waals surface area contributed by atoms with Crippen molar-refractivity contribution in [3.63, 3.8) is 0 Å². The molecule has 0 atom stereocenters. The number of aliphatic hydroxyl groups is 2. The van der Waals surface area contributed by atoms with E-state index in [2.05, 4.69) is 0 Å². The van der Waals surface area contributed by atoms with Crippen molar-refractivity contribution in [3.8, 4) is 0 Å². The summed E-state index contributed by atoms with van der Waals surface area (Å²) in [5.74, 6) is 0. The zero-order chi connectivity index (χ0) is 13.7. The maximum Gasteiger partial charge on any atom is 0.386 e. The molecule has 0 amide bonds. The van der Waals surface area contributed by atoms with Gasteiger partial charge in [-0.05, 0) is 25.7 Å². The zero-order valence-corrected chi connectivity index (χ0v) is 12.3. The molecule has 2 rings (SSSR count). The smallest absolute Gasteiger partial charge is 0.359 e. The summed E-state index contributed by atoms with van der Waals surface area (Å²) in [6, 6.07) is -2.03. The van der Waals surface area contributed by atoms with Crippen LogP contribution in [-0.4, -0.2) is 28.5 Å². The molecule has 0 unspecified atom stereocenters. The Bertz CT molecular complexity index is 284. The molecule has 2 N–H and O–H groups in total. The molecule has 0 aromatic rings. The monoisotopic (exact) mass is 292 g/mol. The van der Waals surface area contributed by atoms with E-state index in [1.54, 1.807) is 0 Å². The molecule has 5 nitrogen and oxygen atoms in total. The second kappa shape index (κ2) is 7.19. The molecule has 0 aromatic heterocycles. The minimum absolute atomic E-state index is 0.162. The normalized spacial score (nSPS) is 23.9. The first-order chi connectivity index (χ1) is 9.10. The molecule has 0 saturated heterocycles. The quantitative estimate of drug-likeness (QED) is 0.601. The maximum absolute atomic E-state index is 12.5. The number of aliphatic hydroxyl groups excluding tert-OH is 1. The molecule has 0 bridgehead atoms. The molecule has 0 radical (unpaired) electrons. The largest absolute Gasteiger partial charge is 0.386 e. The van der Waals surface area contributed by atoms with Crippen LogP contribution in [0, 0.1) is 0 Å². The van der Waals surface area contributed by atoms with Crippen LogP contribution in [0.5, 0.6) is 0 Å². The summed E-state index contributed by atoms with van der Waals surface area (Å²) in [5.41, 5.74) is 0. The van der Waals surface area contributed by atoms with Gasteiger partial charge in [0, 0.05) is 0 Å². The lowest BCUT2D eigenvalue weighted by Crippen LogP contribution is -2.24. The lowest BCUT2D eigenvalue weighted by atomic mass is 9.98. The summed E-state index contributed by atoms with van der Waals surface area (Å²) in [6.07, 6.45) is 9.45. The molecule has 2 saturated carbocycles. The fourth-order valence-corrected chi connectivity index (χ4v) is 4.41. The van der Waals surface area contributed by atoms with Crippen molar-refractivity contribution in [2.24, 2.45) is 0 Å². The predicted molar refractivity (Wildman–Crippen MR) is 71.7 cm³/mol. The van der Waals surface area contributed by atoms with E-state index in [0.29, 0.717) is 0 Å². The molecular weight excluding hydrogens is 267 g/mol. The van der Waals surface area contributed by atoms with Gasteiger partial charge in [-0.15, -0.1) is 0 Å². The summed E-state index contributed by atoms with van der Waals surface area (Å²) < 4.78 is 23.5. The number of hydrogen-bond donors (Lipinski definition) is 2. The molecule has 0 aromatic carbocycles. The van der Waals surface area contributed by atoms with Crippen LogP contribution in [0.15, 0.2) is 0 Å². The molecule has 0 aliphatic heterocycles. The van der Waals surface area contributed by atoms with Gasteiger partial charge >= 0.3 is 7.60 Å². The Morgan fingerprint density at radius 2 is 1.16 bits per heavy atom. The Morgan fingerprint density at radius 3 is 1.47 bits per heavy atom. The molecule has 112 valence electrons. The van der Waals surface area contributed by atoms with E-state index >= 15 is 0 Å². The summed E-state index contributed by atoms with van der Waals surface area (Å²) >= 11 is 0. The van der Waals surface area contributed by atoms with Crippen molar-refractivity contribution >= 4 is 7.60 Å². The Labute approximate surface area is 114 Å². The number of hydrogen-bond acceptors (Lipinski definition) is 5. The van der Waals surface area contributed by atoms with Crippen LogP contribution in [0.4, 0.5) is 0 Å². The van der Waals surface area contributed by atoms with Crippen LogP contribution in [-0.2, 0) is 13.6 Å². The van der Waals surface area contributed by atoms with Crippen LogP contribution in [0.2, 0.25) is 0 Å². The molecule has 0 heterocycles. The molecule has 6 heteroatoms. The van der Waals surface area contributed by atoms with Gasteiger partial charge in [-0.25, -0.2) is 0 Å². The highest BCUT2D eigenvalue weighted by Gasteiger charge is 2.39. The van der Waals surface area contributed by atoms with Gasteiger partial charge in [0.2, 0.25) is 0 Å². The fraction of sp³-hybridized carbons (Fsp3) is 1.00. The summed E-state index contributed by atoms with van der Waals surface area (Å²) in [5, 5.41) is 18.8. The third kappa shape index (κ3) is 4.54. The zero-order valence-electron chi connectivity index (χ0n) is 11.4. The highest BCUT2D eigenvalue weighted by Crippen LogP contribution is 2.55. The molecule has 2 aliphatic carbocycles. The lowest BCUT2D eigenvalue weighted by molar-refractivity contribution is -0.0248. The SMILES string of the molecule is O=P(OC1CCCCC1)(OC1CCCCC1)C(O)O. The van der Waals surface area contributed by atoms with E-state index in [0.717, 1.165) is 64.2 Å². The van der Waals surface area contributed by atoms with Crippen LogP contribution >= 0.6 is 7.60 Å². The molecule has 19 heavy (non-hydrogen) atoms. The highest BCUT2D eigenvalue weighted by molar-refractivity contribution is 7.54. The standard InChI is InChI=1S/C13H25O5P/c14-13(15)19(16,17-11-7-3-1-4-8-11)18-12-9-5-2-6-10-12/h11-15H,1-10H2. The van der Waals surface area contributed by atoms with E-state index in [1.807, 2.05) is 0 Å². The van der Waals surface area contributed by atoms with Crippen LogP contribution in [0.25, 0.3) is 0 Å². The van der Waals surface area contributed by atoms with Crippen LogP contribution in [0.3, 0.4) is 0 Å². The summed E-state index contributed by atoms with van der Waals surface area (Å²) in [7, 11) is -3.82. The van der Waals surface area contributed by atoms with Gasteiger partial charge in [0.1, 0.15) is 0 Å². The first-order valence-corrected chi connectivity index (χ1v) is 9.04. The van der Waals surface area contributed by atoms with Gasteiger partial charge in [0.15, 0.2) is 0 Å². The third-order valence-corrected chi connectivity index (χ3v) is 5.73. The average molecular weight is 292 g/mol. The van der Waals surface area contributed by atoms with Gasteiger partial charge in [0.05, 0.1) is 12.2 Å². The maximum atomic E-state index is 12.5. The van der Waals surface area contributed by atoms with Crippen LogP contribution < -0.4 is 0 Å². The van der Waals surface area contributed by atoms with Gasteiger partial charge in [-0.2, -0.15) is 0 Å². The van der Waals surface area contributed by atoms with E-state index in [-0.39, 0.29) is 12.2 Å². The van der Waals surface area contributed by atoms with Crippen molar-refractivity contribution in [2.75, 3.05) is 0 Å². The molecule has 2 aliphatic rings. The molecule has 0 spiro atoms. The third-order valence-electron chi connectivity index (χ3n) is 3.98. The number of rotatable bonds is 5. The lowest BCUT2D eigenvalue weighted by Gasteiger charge is -2.31. The fourth-order valence-electron chi connectivity index (χ4n) is 2.89. The summed E-state index contributed by atoms with van der Waals surface area (Å²) in [6.45, 7) is 0. The van der Waals surface area contributed by atoms with E-state index < -0.39 is 13.6 Å². The van der Waals surface area contributed by atoms with E-state index in [4.69, 9.17) is 9.05 Å². The second-order valence-corrected chi connectivity index (χ2v) is 7.58. The van der Waals surface area contributed by atoms with E-state index in [9.17, 15) is 14.8 Å². The summed E-state index contributed by atoms with van der Waals surface area (Å²) in [4.78, 5) is 0. The van der Waals surface area contributed by atoms with Gasteiger partial charge in [0.25, 0.3) is 6.03 Å². The Hall–Kier alpha value is 0.0700. The Morgan fingerprint density at radius 1 is 0.789 bits per heavy atom. The van der Waals surface area contributed by atoms with Crippen molar-refractivity contribution in [3.05, 3.63) is 0 Å². The van der Waals surface area contributed by atoms with Crippen molar-refractivity contribution in [2.45, 2.75) is 82.4 Å². The topological polar surface area (TPSA) is 76.0 Å². The first kappa shape index (κ1) is 15.5. The minimum atomic E-state index is -3.82. The van der Waals surface area contributed by atoms with Gasteiger partial charge < -0.3 is 19.3 Å². The van der Waals surface area contributed by atoms with Crippen molar-refractivity contribution < 1.29 is 23.8 Å². The first-order valence-electron chi connectivity index (χ1n) is 7.43. The Kier molecular flexibility index (Phi) is 5.85. The average Bonchev–Trinajstić information content (AvgIpc) is 2.40. The van der Waals surface area contributed by atoms with E-state index in [1.165, 1.54) is 0 Å². The molecular formula is C13H25O5P. The van der Waals surface area contributed by atoms with Crippen LogP contribution in [0.1, 0.15) is 64.2 Å². The Balaban J connectivity index is 1.93. The van der Waals surface area contributed by atoms with Gasteiger partial charge in [-0.3, -0.25) is 4.57 Å². The highest BCUT2D eigenvalue weighted by atomic mass is 31.2. The second-order valence-electron chi connectivity index (χ2n) is 5.62. The van der Waals surface area contributed by atoms with Gasteiger partial charge in [-0.1, -0.05) is 38.5 Å². The minimum Gasteiger partial charge on any atom is -0.359 e. The molecule has 2 fully saturated rings. The van der Waals surface area contributed by atoms with Crippen molar-refractivity contribution in [1.82, 2.24) is 0 Å². The predicted octanol–water partition coefficient (Wildman–Crippen LogP) is 3.15.